The maximum Gasteiger partial charge on any atom is 0.251 e. The molecule has 10 heteroatoms. The van der Waals surface area contributed by atoms with E-state index in [9.17, 15) is 19.2 Å². The minimum Gasteiger partial charge on any atom is -0.340 e. The van der Waals surface area contributed by atoms with Gasteiger partial charge < -0.3 is 15.5 Å². The van der Waals surface area contributed by atoms with Gasteiger partial charge in [0.1, 0.15) is 17.9 Å². The summed E-state index contributed by atoms with van der Waals surface area (Å²) >= 11 is 0. The lowest BCUT2D eigenvalue weighted by molar-refractivity contribution is -0.133. The molecule has 2 fully saturated rings. The van der Waals surface area contributed by atoms with Crippen LogP contribution in [0.2, 0.25) is 0 Å². The summed E-state index contributed by atoms with van der Waals surface area (Å²) in [5.74, 6) is -0.418. The van der Waals surface area contributed by atoms with E-state index in [0.717, 1.165) is 24.1 Å². The van der Waals surface area contributed by atoms with Gasteiger partial charge in [0.15, 0.2) is 0 Å². The zero-order valence-corrected chi connectivity index (χ0v) is 21.0. The van der Waals surface area contributed by atoms with Crippen molar-refractivity contribution in [3.63, 3.8) is 0 Å². The Bertz CT molecular complexity index is 1290. The molecule has 1 aliphatic carbocycles. The number of rotatable bonds is 10. The van der Waals surface area contributed by atoms with Crippen molar-refractivity contribution in [2.75, 3.05) is 13.1 Å². The van der Waals surface area contributed by atoms with Gasteiger partial charge in [-0.15, -0.1) is 5.10 Å². The molecule has 2 aliphatic rings. The molecule has 1 aliphatic heterocycles. The molecule has 4 atom stereocenters. The molecule has 196 valence electrons. The van der Waals surface area contributed by atoms with E-state index in [1.807, 2.05) is 12.1 Å². The molecule has 1 aromatic heterocycles. The van der Waals surface area contributed by atoms with E-state index in [2.05, 4.69) is 27.0 Å². The van der Waals surface area contributed by atoms with E-state index in [1.54, 1.807) is 46.2 Å². The minimum atomic E-state index is -0.722. The molecule has 2 amide bonds. The highest BCUT2D eigenvalue weighted by molar-refractivity contribution is 5.97. The van der Waals surface area contributed by atoms with Crippen molar-refractivity contribution in [1.82, 2.24) is 30.5 Å². The highest BCUT2D eigenvalue weighted by Crippen LogP contribution is 2.40. The lowest BCUT2D eigenvalue weighted by atomic mass is 10.1. The Morgan fingerprint density at radius 3 is 2.66 bits per heavy atom. The number of nitrogens with one attached hydrogen (secondary N) is 2. The van der Waals surface area contributed by atoms with E-state index >= 15 is 0 Å². The molecule has 0 bridgehead atoms. The first kappa shape index (κ1) is 25.5. The van der Waals surface area contributed by atoms with Crippen LogP contribution in [0.4, 0.5) is 4.39 Å². The Labute approximate surface area is 220 Å². The number of carbonyl (C=O) groups is 2. The summed E-state index contributed by atoms with van der Waals surface area (Å²) in [6.45, 7) is 1.21. The number of hydrogen-bond donors (Lipinski definition) is 2. The number of nitriles is 1. The van der Waals surface area contributed by atoms with Crippen molar-refractivity contribution in [2.45, 2.75) is 56.1 Å². The van der Waals surface area contributed by atoms with Crippen LogP contribution in [0.15, 0.2) is 60.9 Å². The van der Waals surface area contributed by atoms with Crippen LogP contribution in [0.3, 0.4) is 0 Å². The van der Waals surface area contributed by atoms with Gasteiger partial charge in [0, 0.05) is 24.1 Å². The highest BCUT2D eigenvalue weighted by Gasteiger charge is 2.38. The summed E-state index contributed by atoms with van der Waals surface area (Å²) in [5, 5.41) is 23.6. The summed E-state index contributed by atoms with van der Waals surface area (Å²) in [7, 11) is 0. The number of aromatic nitrogens is 3. The van der Waals surface area contributed by atoms with Crippen LogP contribution in [0, 0.1) is 17.1 Å². The molecule has 0 radical (unpaired) electrons. The smallest absolute Gasteiger partial charge is 0.251 e. The predicted molar refractivity (Wildman–Crippen MR) is 138 cm³/mol. The third kappa shape index (κ3) is 5.89. The number of likely N-dealkylation sites (tertiary alicyclic amines) is 1. The summed E-state index contributed by atoms with van der Waals surface area (Å²) in [5.41, 5.74) is 2.32. The van der Waals surface area contributed by atoms with Crippen LogP contribution in [0.25, 0.3) is 5.69 Å². The average molecular weight is 516 g/mol. The second-order valence-corrected chi connectivity index (χ2v) is 9.84. The molecule has 1 saturated carbocycles. The van der Waals surface area contributed by atoms with Crippen molar-refractivity contribution in [2.24, 2.45) is 0 Å². The van der Waals surface area contributed by atoms with E-state index in [0.29, 0.717) is 49.9 Å². The van der Waals surface area contributed by atoms with E-state index in [1.165, 1.54) is 12.1 Å². The highest BCUT2D eigenvalue weighted by atomic mass is 19.1. The standard InChI is InChI=1S/C28H30FN7O2/c29-21-9-5-19(6-10-21)24-17-26(24)31-13-1-4-25(28(38)35-15-2-3-23(35)18-30)33-27(37)20-7-11-22(12-8-20)36-16-14-32-34-36/h5-12,14,16,23-26,31H,1-4,13,15,17H2,(H,33,37)/t23?,24-,25-,26+/m0/s1. The molecule has 3 aromatic rings. The van der Waals surface area contributed by atoms with Gasteiger partial charge in [-0.1, -0.05) is 17.3 Å². The normalized spacial score (nSPS) is 21.1. The quantitative estimate of drug-likeness (QED) is 0.401. The predicted octanol–water partition coefficient (Wildman–Crippen LogP) is 2.95. The maximum atomic E-state index is 13.4. The Morgan fingerprint density at radius 2 is 1.95 bits per heavy atom. The molecular weight excluding hydrogens is 485 g/mol. The van der Waals surface area contributed by atoms with Gasteiger partial charge in [0.25, 0.3) is 5.91 Å². The van der Waals surface area contributed by atoms with Crippen molar-refractivity contribution in [3.8, 4) is 11.8 Å². The molecular formula is C28H30FN7O2. The Kier molecular flexibility index (Phi) is 7.75. The van der Waals surface area contributed by atoms with Crippen molar-refractivity contribution >= 4 is 11.8 Å². The molecule has 5 rings (SSSR count). The van der Waals surface area contributed by atoms with Gasteiger partial charge in [0.05, 0.1) is 24.2 Å². The van der Waals surface area contributed by atoms with Crippen LogP contribution in [-0.4, -0.2) is 62.9 Å². The number of hydrogen-bond acceptors (Lipinski definition) is 6. The Balaban J connectivity index is 1.18. The van der Waals surface area contributed by atoms with E-state index in [4.69, 9.17) is 0 Å². The molecule has 38 heavy (non-hydrogen) atoms. The van der Waals surface area contributed by atoms with Crippen LogP contribution >= 0.6 is 0 Å². The maximum absolute atomic E-state index is 13.4. The molecule has 1 saturated heterocycles. The minimum absolute atomic E-state index is 0.211. The topological polar surface area (TPSA) is 116 Å². The third-order valence-electron chi connectivity index (χ3n) is 7.27. The zero-order chi connectivity index (χ0) is 26.5. The summed E-state index contributed by atoms with van der Waals surface area (Å²) in [4.78, 5) is 28.1. The van der Waals surface area contributed by atoms with Crippen molar-refractivity contribution in [1.29, 1.82) is 5.26 Å². The lowest BCUT2D eigenvalue weighted by Gasteiger charge is -2.26. The number of nitrogens with zero attached hydrogens (tertiary/aromatic N) is 5. The molecule has 2 N–H and O–H groups in total. The van der Waals surface area contributed by atoms with Crippen molar-refractivity contribution < 1.29 is 14.0 Å². The molecule has 2 aromatic carbocycles. The number of benzene rings is 2. The molecule has 9 nitrogen and oxygen atoms in total. The summed E-state index contributed by atoms with van der Waals surface area (Å²) < 4.78 is 14.8. The first-order valence-corrected chi connectivity index (χ1v) is 13.0. The monoisotopic (exact) mass is 515 g/mol. The fourth-order valence-electron chi connectivity index (χ4n) is 5.07. The largest absolute Gasteiger partial charge is 0.340 e. The van der Waals surface area contributed by atoms with Crippen LogP contribution in [0.1, 0.15) is 53.9 Å². The summed E-state index contributed by atoms with van der Waals surface area (Å²) in [6.07, 6.45) is 6.85. The van der Waals surface area contributed by atoms with Gasteiger partial charge in [-0.25, -0.2) is 9.07 Å². The first-order valence-electron chi connectivity index (χ1n) is 13.0. The van der Waals surface area contributed by atoms with Crippen LogP contribution in [-0.2, 0) is 4.79 Å². The molecule has 0 spiro atoms. The van der Waals surface area contributed by atoms with Gasteiger partial charge in [-0.3, -0.25) is 9.59 Å². The molecule has 1 unspecified atom stereocenters. The van der Waals surface area contributed by atoms with Crippen molar-refractivity contribution in [3.05, 3.63) is 77.9 Å². The summed E-state index contributed by atoms with van der Waals surface area (Å²) in [6, 6.07) is 14.9. The van der Waals surface area contributed by atoms with Gasteiger partial charge in [-0.2, -0.15) is 5.26 Å². The second kappa shape index (κ2) is 11.5. The fourth-order valence-corrected chi connectivity index (χ4v) is 5.07. The Morgan fingerprint density at radius 1 is 1.16 bits per heavy atom. The second-order valence-electron chi connectivity index (χ2n) is 9.84. The number of carbonyl (C=O) groups excluding carboxylic acids is 2. The average Bonchev–Trinajstić information content (AvgIpc) is 3.31. The zero-order valence-electron chi connectivity index (χ0n) is 21.0. The van der Waals surface area contributed by atoms with E-state index < -0.39 is 12.1 Å². The Hall–Kier alpha value is -4.10. The van der Waals surface area contributed by atoms with Crippen LogP contribution < -0.4 is 10.6 Å². The fraction of sp³-hybridized carbons (Fsp3) is 0.393. The van der Waals surface area contributed by atoms with Gasteiger partial charge in [0.2, 0.25) is 5.91 Å². The van der Waals surface area contributed by atoms with Gasteiger partial charge in [-0.05, 0) is 80.6 Å². The third-order valence-corrected chi connectivity index (χ3v) is 7.27. The number of halogens is 1. The SMILES string of the molecule is N#CC1CCCN1C(=O)[C@H](CCCN[C@@H]1C[C@H]1c1ccc(F)cc1)NC(=O)c1ccc(-n2ccnn2)cc1. The first-order chi connectivity index (χ1) is 18.5. The lowest BCUT2D eigenvalue weighted by Crippen LogP contribution is -2.50. The van der Waals surface area contributed by atoms with Crippen LogP contribution in [0.5, 0.6) is 0 Å². The molecule has 2 heterocycles. The van der Waals surface area contributed by atoms with Gasteiger partial charge >= 0.3 is 0 Å². The number of amides is 2. The van der Waals surface area contributed by atoms with E-state index in [-0.39, 0.29) is 17.6 Å².